The first-order chi connectivity index (χ1) is 9.61. The highest BCUT2D eigenvalue weighted by Gasteiger charge is 2.35. The van der Waals surface area contributed by atoms with E-state index in [2.05, 4.69) is 12.2 Å². The van der Waals surface area contributed by atoms with E-state index in [1.165, 1.54) is 32.1 Å². The molecule has 2 rings (SSSR count). The van der Waals surface area contributed by atoms with Crippen molar-refractivity contribution in [3.05, 3.63) is 0 Å². The predicted octanol–water partition coefficient (Wildman–Crippen LogP) is 2.33. The summed E-state index contributed by atoms with van der Waals surface area (Å²) < 4.78 is 0. The molecule has 1 N–H and O–H groups in total. The molecule has 0 spiro atoms. The molecule has 2 fully saturated rings. The van der Waals surface area contributed by atoms with Crippen molar-refractivity contribution in [1.82, 2.24) is 10.2 Å². The SMILES string of the molecule is CCC(C)C1NC(=O)CN(CCC2CCCCC2)C1=O. The molecule has 1 aliphatic heterocycles. The zero-order valence-electron chi connectivity index (χ0n) is 12.9. The lowest BCUT2D eigenvalue weighted by Crippen LogP contribution is -2.60. The molecule has 0 aromatic rings. The molecule has 2 aliphatic rings. The minimum Gasteiger partial charge on any atom is -0.342 e. The van der Waals surface area contributed by atoms with E-state index in [-0.39, 0.29) is 30.3 Å². The van der Waals surface area contributed by atoms with E-state index in [1.54, 1.807) is 4.90 Å². The van der Waals surface area contributed by atoms with E-state index < -0.39 is 0 Å². The largest absolute Gasteiger partial charge is 0.342 e. The van der Waals surface area contributed by atoms with Crippen molar-refractivity contribution in [1.29, 1.82) is 0 Å². The van der Waals surface area contributed by atoms with E-state index in [0.717, 1.165) is 25.3 Å². The van der Waals surface area contributed by atoms with E-state index >= 15 is 0 Å². The maximum absolute atomic E-state index is 12.5. The first kappa shape index (κ1) is 15.3. The molecule has 2 atom stereocenters. The highest BCUT2D eigenvalue weighted by atomic mass is 16.2. The number of nitrogens with zero attached hydrogens (tertiary/aromatic N) is 1. The summed E-state index contributed by atoms with van der Waals surface area (Å²) in [4.78, 5) is 26.0. The first-order valence-corrected chi connectivity index (χ1v) is 8.20. The van der Waals surface area contributed by atoms with Crippen LogP contribution in [0.25, 0.3) is 0 Å². The fourth-order valence-corrected chi connectivity index (χ4v) is 3.35. The quantitative estimate of drug-likeness (QED) is 0.840. The second-order valence-corrected chi connectivity index (χ2v) is 6.48. The molecule has 2 amide bonds. The van der Waals surface area contributed by atoms with Gasteiger partial charge in [-0.3, -0.25) is 9.59 Å². The van der Waals surface area contributed by atoms with Gasteiger partial charge in [-0.25, -0.2) is 0 Å². The Bertz CT molecular complexity index is 350. The van der Waals surface area contributed by atoms with Gasteiger partial charge in [-0.05, 0) is 18.3 Å². The van der Waals surface area contributed by atoms with Crippen LogP contribution in [-0.2, 0) is 9.59 Å². The van der Waals surface area contributed by atoms with Crippen LogP contribution in [0.2, 0.25) is 0 Å². The van der Waals surface area contributed by atoms with Crippen molar-refractivity contribution in [3.63, 3.8) is 0 Å². The van der Waals surface area contributed by atoms with Crippen LogP contribution in [0.15, 0.2) is 0 Å². The third-order valence-electron chi connectivity index (χ3n) is 4.97. The average Bonchev–Trinajstić information content (AvgIpc) is 2.48. The summed E-state index contributed by atoms with van der Waals surface area (Å²) in [5.41, 5.74) is 0. The van der Waals surface area contributed by atoms with Crippen LogP contribution >= 0.6 is 0 Å². The molecule has 0 aromatic heterocycles. The van der Waals surface area contributed by atoms with Crippen LogP contribution in [0, 0.1) is 11.8 Å². The minimum absolute atomic E-state index is 0.00135. The topological polar surface area (TPSA) is 49.4 Å². The molecule has 114 valence electrons. The lowest BCUT2D eigenvalue weighted by Gasteiger charge is -2.36. The molecule has 20 heavy (non-hydrogen) atoms. The molecular weight excluding hydrogens is 252 g/mol. The summed E-state index contributed by atoms with van der Waals surface area (Å²) in [5, 5.41) is 2.85. The Balaban J connectivity index is 1.88. The van der Waals surface area contributed by atoms with E-state index in [1.807, 2.05) is 6.92 Å². The number of carbonyl (C=O) groups is 2. The third-order valence-corrected chi connectivity index (χ3v) is 4.97. The number of hydrogen-bond donors (Lipinski definition) is 1. The van der Waals surface area contributed by atoms with Gasteiger partial charge in [-0.1, -0.05) is 52.4 Å². The standard InChI is InChI=1S/C16H28N2O2/c1-3-12(2)15-16(20)18(11-14(19)17-15)10-9-13-7-5-4-6-8-13/h12-13,15H,3-11H2,1-2H3,(H,17,19). The van der Waals surface area contributed by atoms with Crippen LogP contribution in [0.3, 0.4) is 0 Å². The predicted molar refractivity (Wildman–Crippen MR) is 79.2 cm³/mol. The third kappa shape index (κ3) is 3.74. The molecule has 1 heterocycles. The molecule has 2 unspecified atom stereocenters. The zero-order chi connectivity index (χ0) is 14.5. The highest BCUT2D eigenvalue weighted by Crippen LogP contribution is 2.26. The van der Waals surface area contributed by atoms with Crippen LogP contribution in [-0.4, -0.2) is 35.8 Å². The molecule has 0 aromatic carbocycles. The van der Waals surface area contributed by atoms with Gasteiger partial charge in [0.2, 0.25) is 11.8 Å². The second-order valence-electron chi connectivity index (χ2n) is 6.48. The smallest absolute Gasteiger partial charge is 0.245 e. The van der Waals surface area contributed by atoms with Crippen molar-refractivity contribution in [3.8, 4) is 0 Å². The van der Waals surface area contributed by atoms with Gasteiger partial charge in [0.15, 0.2) is 0 Å². The first-order valence-electron chi connectivity index (χ1n) is 8.20. The van der Waals surface area contributed by atoms with Gasteiger partial charge in [0, 0.05) is 6.54 Å². The normalized spacial score (nSPS) is 26.5. The molecule has 0 radical (unpaired) electrons. The Morgan fingerprint density at radius 2 is 1.95 bits per heavy atom. The van der Waals surface area contributed by atoms with Crippen molar-refractivity contribution < 1.29 is 9.59 Å². The number of amides is 2. The Hall–Kier alpha value is -1.06. The summed E-state index contributed by atoms with van der Waals surface area (Å²) in [6.07, 6.45) is 8.58. The van der Waals surface area contributed by atoms with Gasteiger partial charge < -0.3 is 10.2 Å². The van der Waals surface area contributed by atoms with Gasteiger partial charge in [0.05, 0.1) is 6.54 Å². The fourth-order valence-electron chi connectivity index (χ4n) is 3.35. The number of nitrogens with one attached hydrogen (secondary N) is 1. The zero-order valence-corrected chi connectivity index (χ0v) is 12.9. The monoisotopic (exact) mass is 280 g/mol. The van der Waals surface area contributed by atoms with Crippen LogP contribution < -0.4 is 5.32 Å². The molecule has 0 bridgehead atoms. The fraction of sp³-hybridized carbons (Fsp3) is 0.875. The van der Waals surface area contributed by atoms with Crippen molar-refractivity contribution in [2.24, 2.45) is 11.8 Å². The lowest BCUT2D eigenvalue weighted by molar-refractivity contribution is -0.145. The average molecular weight is 280 g/mol. The molecule has 4 nitrogen and oxygen atoms in total. The van der Waals surface area contributed by atoms with Crippen molar-refractivity contribution in [2.75, 3.05) is 13.1 Å². The Morgan fingerprint density at radius 1 is 1.25 bits per heavy atom. The second kappa shape index (κ2) is 7.09. The molecular formula is C16H28N2O2. The summed E-state index contributed by atoms with van der Waals surface area (Å²) in [6, 6.07) is -0.312. The number of carbonyl (C=O) groups excluding carboxylic acids is 2. The highest BCUT2D eigenvalue weighted by molar-refractivity contribution is 5.95. The van der Waals surface area contributed by atoms with Gasteiger partial charge in [-0.2, -0.15) is 0 Å². The Morgan fingerprint density at radius 3 is 2.60 bits per heavy atom. The maximum Gasteiger partial charge on any atom is 0.245 e. The molecule has 1 saturated heterocycles. The van der Waals surface area contributed by atoms with Crippen LogP contribution in [0.4, 0.5) is 0 Å². The molecule has 4 heteroatoms. The van der Waals surface area contributed by atoms with Gasteiger partial charge in [-0.15, -0.1) is 0 Å². The van der Waals surface area contributed by atoms with Gasteiger partial charge in [0.25, 0.3) is 0 Å². The number of rotatable bonds is 5. The summed E-state index contributed by atoms with van der Waals surface area (Å²) >= 11 is 0. The number of hydrogen-bond acceptors (Lipinski definition) is 2. The van der Waals surface area contributed by atoms with E-state index in [0.29, 0.717) is 0 Å². The maximum atomic E-state index is 12.5. The van der Waals surface area contributed by atoms with Crippen molar-refractivity contribution in [2.45, 2.75) is 64.8 Å². The molecule has 1 aliphatic carbocycles. The van der Waals surface area contributed by atoms with Crippen LogP contribution in [0.5, 0.6) is 0 Å². The summed E-state index contributed by atoms with van der Waals surface area (Å²) in [7, 11) is 0. The van der Waals surface area contributed by atoms with E-state index in [4.69, 9.17) is 0 Å². The molecule has 1 saturated carbocycles. The summed E-state index contributed by atoms with van der Waals surface area (Å²) in [6.45, 7) is 5.10. The van der Waals surface area contributed by atoms with Gasteiger partial charge >= 0.3 is 0 Å². The Kier molecular flexibility index (Phi) is 5.44. The van der Waals surface area contributed by atoms with Crippen molar-refractivity contribution >= 4 is 11.8 Å². The summed E-state index contributed by atoms with van der Waals surface area (Å²) in [5.74, 6) is 1.08. The van der Waals surface area contributed by atoms with Crippen LogP contribution in [0.1, 0.15) is 58.8 Å². The number of piperazine rings is 1. The van der Waals surface area contributed by atoms with Gasteiger partial charge in [0.1, 0.15) is 6.04 Å². The lowest BCUT2D eigenvalue weighted by atomic mass is 9.86. The Labute approximate surface area is 122 Å². The minimum atomic E-state index is -0.312. The van der Waals surface area contributed by atoms with E-state index in [9.17, 15) is 9.59 Å².